The molecule has 1 saturated carbocycles. The van der Waals surface area contributed by atoms with Crippen molar-refractivity contribution in [2.75, 3.05) is 13.2 Å². The summed E-state index contributed by atoms with van der Waals surface area (Å²) in [6.07, 6.45) is 3.40. The molecule has 1 aliphatic rings. The van der Waals surface area contributed by atoms with Crippen LogP contribution in [0.2, 0.25) is 0 Å². The topological polar surface area (TPSA) is 69.6 Å². The highest BCUT2D eigenvalue weighted by Crippen LogP contribution is 2.28. The molecule has 0 radical (unpaired) electrons. The van der Waals surface area contributed by atoms with Gasteiger partial charge in [-0.1, -0.05) is 6.07 Å². The van der Waals surface area contributed by atoms with Crippen LogP contribution in [-0.4, -0.2) is 41.0 Å². The summed E-state index contributed by atoms with van der Waals surface area (Å²) >= 11 is 1.53. The van der Waals surface area contributed by atoms with Crippen LogP contribution in [0.25, 0.3) is 0 Å². The Bertz CT molecular complexity index is 471. The van der Waals surface area contributed by atoms with E-state index < -0.39 is 0 Å². The molecule has 1 aromatic rings. The Hall–Kier alpha value is -1.40. The van der Waals surface area contributed by atoms with E-state index in [2.05, 4.69) is 5.32 Å². The summed E-state index contributed by atoms with van der Waals surface area (Å²) in [5.74, 6) is -0.139. The summed E-state index contributed by atoms with van der Waals surface area (Å²) in [4.78, 5) is 26.6. The van der Waals surface area contributed by atoms with Gasteiger partial charge in [-0.2, -0.15) is 0 Å². The number of thiophene rings is 1. The SMILES string of the molecule is CC(=O)NC(CC(=O)N(CCO)C1CCC1)c1cccs1. The van der Waals surface area contributed by atoms with Gasteiger partial charge in [0.1, 0.15) is 0 Å². The van der Waals surface area contributed by atoms with Crippen molar-refractivity contribution >= 4 is 23.2 Å². The lowest BCUT2D eigenvalue weighted by Gasteiger charge is -2.38. The van der Waals surface area contributed by atoms with E-state index in [-0.39, 0.29) is 36.9 Å². The van der Waals surface area contributed by atoms with Crippen LogP contribution >= 0.6 is 11.3 Å². The summed E-state index contributed by atoms with van der Waals surface area (Å²) in [5.41, 5.74) is 0. The van der Waals surface area contributed by atoms with E-state index in [0.29, 0.717) is 6.54 Å². The Morgan fingerprint density at radius 2 is 2.29 bits per heavy atom. The van der Waals surface area contributed by atoms with Crippen LogP contribution < -0.4 is 5.32 Å². The van der Waals surface area contributed by atoms with Crippen LogP contribution in [0.5, 0.6) is 0 Å². The maximum absolute atomic E-state index is 12.5. The number of aliphatic hydroxyl groups excluding tert-OH is 1. The van der Waals surface area contributed by atoms with E-state index in [0.717, 1.165) is 24.1 Å². The zero-order valence-electron chi connectivity index (χ0n) is 12.2. The van der Waals surface area contributed by atoms with Gasteiger partial charge in [0.25, 0.3) is 0 Å². The molecular formula is C15H22N2O3S. The van der Waals surface area contributed by atoms with Gasteiger partial charge >= 0.3 is 0 Å². The van der Waals surface area contributed by atoms with Crippen molar-refractivity contribution in [3.63, 3.8) is 0 Å². The second kappa shape index (κ2) is 7.56. The number of amides is 2. The van der Waals surface area contributed by atoms with Crippen molar-refractivity contribution in [3.8, 4) is 0 Å². The van der Waals surface area contributed by atoms with Gasteiger partial charge < -0.3 is 15.3 Å². The Kier molecular flexibility index (Phi) is 5.76. The molecule has 5 nitrogen and oxygen atoms in total. The molecule has 0 bridgehead atoms. The minimum Gasteiger partial charge on any atom is -0.395 e. The third kappa shape index (κ3) is 4.28. The van der Waals surface area contributed by atoms with E-state index in [1.165, 1.54) is 18.3 Å². The van der Waals surface area contributed by atoms with Crippen LogP contribution in [0.3, 0.4) is 0 Å². The summed E-state index contributed by atoms with van der Waals surface area (Å²) in [5, 5.41) is 13.9. The van der Waals surface area contributed by atoms with Gasteiger partial charge in [0, 0.05) is 24.4 Å². The highest BCUT2D eigenvalue weighted by atomic mass is 32.1. The maximum atomic E-state index is 12.5. The molecule has 2 N–H and O–H groups in total. The molecule has 0 aliphatic heterocycles. The Labute approximate surface area is 129 Å². The largest absolute Gasteiger partial charge is 0.395 e. The number of aliphatic hydroxyl groups is 1. The van der Waals surface area contributed by atoms with E-state index in [4.69, 9.17) is 5.11 Å². The Balaban J connectivity index is 2.03. The van der Waals surface area contributed by atoms with Crippen molar-refractivity contribution in [1.82, 2.24) is 10.2 Å². The van der Waals surface area contributed by atoms with E-state index in [1.54, 1.807) is 4.90 Å². The average Bonchev–Trinajstić information content (AvgIpc) is 2.88. The highest BCUT2D eigenvalue weighted by Gasteiger charge is 2.30. The molecule has 0 aromatic carbocycles. The normalized spacial score (nSPS) is 16.1. The zero-order valence-corrected chi connectivity index (χ0v) is 13.1. The van der Waals surface area contributed by atoms with Gasteiger partial charge in [-0.3, -0.25) is 9.59 Å². The van der Waals surface area contributed by atoms with Crippen molar-refractivity contribution in [2.45, 2.75) is 44.7 Å². The predicted octanol–water partition coefficient (Wildman–Crippen LogP) is 1.69. The maximum Gasteiger partial charge on any atom is 0.225 e. The summed E-state index contributed by atoms with van der Waals surface area (Å²) in [6.45, 7) is 1.81. The molecule has 1 atom stereocenters. The number of hydrogen-bond donors (Lipinski definition) is 2. The van der Waals surface area contributed by atoms with Gasteiger partial charge in [-0.05, 0) is 30.7 Å². The molecule has 21 heavy (non-hydrogen) atoms. The van der Waals surface area contributed by atoms with Gasteiger partial charge in [0.15, 0.2) is 0 Å². The van der Waals surface area contributed by atoms with Gasteiger partial charge in [-0.25, -0.2) is 0 Å². The molecule has 2 amide bonds. The van der Waals surface area contributed by atoms with Crippen molar-refractivity contribution in [2.24, 2.45) is 0 Å². The standard InChI is InChI=1S/C15H22N2O3S/c1-11(19)16-13(14-6-3-9-21-14)10-15(20)17(7-8-18)12-4-2-5-12/h3,6,9,12-13,18H,2,4-5,7-8,10H2,1H3,(H,16,19). The number of carbonyl (C=O) groups is 2. The van der Waals surface area contributed by atoms with Crippen molar-refractivity contribution < 1.29 is 14.7 Å². The van der Waals surface area contributed by atoms with Crippen molar-refractivity contribution in [3.05, 3.63) is 22.4 Å². The van der Waals surface area contributed by atoms with E-state index in [9.17, 15) is 9.59 Å². The molecule has 0 spiro atoms. The van der Waals surface area contributed by atoms with Gasteiger partial charge in [0.2, 0.25) is 11.8 Å². The molecule has 2 rings (SSSR count). The number of nitrogens with one attached hydrogen (secondary N) is 1. The summed E-state index contributed by atoms with van der Waals surface area (Å²) in [7, 11) is 0. The smallest absolute Gasteiger partial charge is 0.225 e. The first kappa shape index (κ1) is 16.0. The lowest BCUT2D eigenvalue weighted by atomic mass is 9.91. The molecule has 6 heteroatoms. The molecule has 1 fully saturated rings. The number of rotatable bonds is 7. The molecule has 1 unspecified atom stereocenters. The first-order chi connectivity index (χ1) is 10.1. The van der Waals surface area contributed by atoms with Crippen LogP contribution in [0.15, 0.2) is 17.5 Å². The highest BCUT2D eigenvalue weighted by molar-refractivity contribution is 7.10. The van der Waals surface area contributed by atoms with Crippen molar-refractivity contribution in [1.29, 1.82) is 0 Å². The molecule has 1 aliphatic carbocycles. The van der Waals surface area contributed by atoms with Crippen LogP contribution in [0, 0.1) is 0 Å². The fraction of sp³-hybridized carbons (Fsp3) is 0.600. The van der Waals surface area contributed by atoms with Gasteiger partial charge in [0.05, 0.1) is 19.1 Å². The Morgan fingerprint density at radius 3 is 2.76 bits per heavy atom. The van der Waals surface area contributed by atoms with Crippen LogP contribution in [0.1, 0.15) is 43.5 Å². The second-order valence-corrected chi connectivity index (χ2v) is 6.35. The monoisotopic (exact) mass is 310 g/mol. The van der Waals surface area contributed by atoms with E-state index >= 15 is 0 Å². The number of nitrogens with zero attached hydrogens (tertiary/aromatic N) is 1. The molecule has 0 saturated heterocycles. The fourth-order valence-electron chi connectivity index (χ4n) is 2.57. The predicted molar refractivity (Wildman–Crippen MR) is 81.9 cm³/mol. The number of carbonyl (C=O) groups excluding carboxylic acids is 2. The third-order valence-corrected chi connectivity index (χ3v) is 4.81. The zero-order chi connectivity index (χ0) is 15.2. The molecule has 1 aromatic heterocycles. The lowest BCUT2D eigenvalue weighted by molar-refractivity contribution is -0.136. The number of hydrogen-bond acceptors (Lipinski definition) is 4. The van der Waals surface area contributed by atoms with Crippen LogP contribution in [0.4, 0.5) is 0 Å². The third-order valence-electron chi connectivity index (χ3n) is 3.82. The first-order valence-electron chi connectivity index (χ1n) is 7.32. The minimum absolute atomic E-state index is 0.000833. The van der Waals surface area contributed by atoms with Crippen LogP contribution in [-0.2, 0) is 9.59 Å². The lowest BCUT2D eigenvalue weighted by Crippen LogP contribution is -2.46. The average molecular weight is 310 g/mol. The molecule has 1 heterocycles. The molecule has 116 valence electrons. The second-order valence-electron chi connectivity index (χ2n) is 5.37. The molecular weight excluding hydrogens is 288 g/mol. The first-order valence-corrected chi connectivity index (χ1v) is 8.20. The summed E-state index contributed by atoms with van der Waals surface area (Å²) in [6, 6.07) is 3.82. The van der Waals surface area contributed by atoms with Gasteiger partial charge in [-0.15, -0.1) is 11.3 Å². The minimum atomic E-state index is -0.281. The fourth-order valence-corrected chi connectivity index (χ4v) is 3.34. The summed E-state index contributed by atoms with van der Waals surface area (Å²) < 4.78 is 0. The quantitative estimate of drug-likeness (QED) is 0.805. The Morgan fingerprint density at radius 1 is 1.52 bits per heavy atom. The van der Waals surface area contributed by atoms with E-state index in [1.807, 2.05) is 17.5 Å².